The highest BCUT2D eigenvalue weighted by atomic mass is 32.2. The lowest BCUT2D eigenvalue weighted by atomic mass is 9.91. The van der Waals surface area contributed by atoms with Gasteiger partial charge in [-0.15, -0.1) is 0 Å². The van der Waals surface area contributed by atoms with Gasteiger partial charge in [-0.2, -0.15) is 0 Å². The first kappa shape index (κ1) is 43.2. The molecule has 1 saturated heterocycles. The van der Waals surface area contributed by atoms with Gasteiger partial charge in [-0.25, -0.2) is 22.4 Å². The summed E-state index contributed by atoms with van der Waals surface area (Å²) in [6.45, 7) is 9.52. The summed E-state index contributed by atoms with van der Waals surface area (Å²) in [5.74, 6) is -3.22. The van der Waals surface area contributed by atoms with Crippen LogP contribution in [0.1, 0.15) is 110 Å². The van der Waals surface area contributed by atoms with E-state index < -0.39 is 80.8 Å². The van der Waals surface area contributed by atoms with Gasteiger partial charge in [0.2, 0.25) is 21.8 Å². The third kappa shape index (κ3) is 11.7. The first-order valence-corrected chi connectivity index (χ1v) is 20.5. The van der Waals surface area contributed by atoms with Crippen molar-refractivity contribution in [2.45, 2.75) is 147 Å². The zero-order valence-electron chi connectivity index (χ0n) is 32.4. The topological polar surface area (TPSA) is 198 Å². The van der Waals surface area contributed by atoms with Gasteiger partial charge in [0.05, 0.1) is 18.3 Å². The molecule has 5 amide bonds. The normalized spacial score (nSPS) is 19.7. The number of ether oxygens (including phenoxy) is 2. The first-order valence-electron chi connectivity index (χ1n) is 18.9. The van der Waals surface area contributed by atoms with E-state index in [9.17, 15) is 41.6 Å². The monoisotopic (exact) mass is 791 g/mol. The van der Waals surface area contributed by atoms with E-state index in [1.54, 1.807) is 46.8 Å². The number of carbonyl (C=O) groups excluding carboxylic acids is 6. The summed E-state index contributed by atoms with van der Waals surface area (Å²) < 4.78 is 53.1. The van der Waals surface area contributed by atoms with Crippen LogP contribution in [0.15, 0.2) is 29.8 Å². The molecule has 0 aromatic heterocycles. The Kier molecular flexibility index (Phi) is 14.4. The number of fused-ring (bicyclic) bond motifs is 1. The van der Waals surface area contributed by atoms with Crippen LogP contribution in [0.5, 0.6) is 0 Å². The number of hydrogen-bond acceptors (Lipinski definition) is 10. The van der Waals surface area contributed by atoms with E-state index in [0.29, 0.717) is 17.5 Å². The zero-order valence-corrected chi connectivity index (χ0v) is 33.3. The van der Waals surface area contributed by atoms with Crippen molar-refractivity contribution in [3.8, 4) is 0 Å². The van der Waals surface area contributed by atoms with Gasteiger partial charge in [0.1, 0.15) is 35.6 Å². The summed E-state index contributed by atoms with van der Waals surface area (Å²) in [7, 11) is -4.04. The van der Waals surface area contributed by atoms with Crippen molar-refractivity contribution in [1.82, 2.24) is 25.2 Å². The Morgan fingerprint density at radius 3 is 2.33 bits per heavy atom. The lowest BCUT2D eigenvalue weighted by molar-refractivity contribution is -0.141. The predicted molar refractivity (Wildman–Crippen MR) is 199 cm³/mol. The van der Waals surface area contributed by atoms with E-state index in [1.165, 1.54) is 24.0 Å². The molecule has 0 spiro atoms. The van der Waals surface area contributed by atoms with Gasteiger partial charge in [-0.1, -0.05) is 38.0 Å². The predicted octanol–water partition coefficient (Wildman–Crippen LogP) is 4.13. The molecule has 2 fully saturated rings. The molecule has 55 heavy (non-hydrogen) atoms. The van der Waals surface area contributed by atoms with E-state index in [-0.39, 0.29) is 57.5 Å². The number of sulfonamides is 1. The molecule has 15 nitrogen and oxygen atoms in total. The fraction of sp³-hybridized carbons (Fsp3) is 0.632. The lowest BCUT2D eigenvalue weighted by Gasteiger charge is -2.30. The van der Waals surface area contributed by atoms with Crippen molar-refractivity contribution in [2.75, 3.05) is 6.54 Å². The summed E-state index contributed by atoms with van der Waals surface area (Å²) in [4.78, 5) is 83.2. The molecule has 17 heteroatoms. The molecule has 3 N–H and O–H groups in total. The quantitative estimate of drug-likeness (QED) is 0.217. The Morgan fingerprint density at radius 2 is 1.73 bits per heavy atom. The maximum absolute atomic E-state index is 14.4. The van der Waals surface area contributed by atoms with Crippen LogP contribution in [-0.2, 0) is 51.8 Å². The van der Waals surface area contributed by atoms with E-state index in [0.717, 1.165) is 29.7 Å². The van der Waals surface area contributed by atoms with E-state index in [2.05, 4.69) is 10.6 Å². The Morgan fingerprint density at radius 1 is 1.02 bits per heavy atom. The van der Waals surface area contributed by atoms with Crippen LogP contribution in [0.2, 0.25) is 0 Å². The van der Waals surface area contributed by atoms with Crippen LogP contribution in [0.25, 0.3) is 0 Å². The fourth-order valence-corrected chi connectivity index (χ4v) is 7.54. The van der Waals surface area contributed by atoms with Gasteiger partial charge in [-0.05, 0) is 83.9 Å². The van der Waals surface area contributed by atoms with Gasteiger partial charge in [-0.3, -0.25) is 28.8 Å². The summed E-state index contributed by atoms with van der Waals surface area (Å²) >= 11 is 0. The fourth-order valence-electron chi connectivity index (χ4n) is 6.48. The molecule has 2 unspecified atom stereocenters. The summed E-state index contributed by atoms with van der Waals surface area (Å²) in [6, 6.07) is 0.563. The van der Waals surface area contributed by atoms with Crippen LogP contribution in [0.3, 0.4) is 0 Å². The molecule has 1 saturated carbocycles. The van der Waals surface area contributed by atoms with Crippen molar-refractivity contribution >= 4 is 45.7 Å². The average Bonchev–Trinajstić information content (AvgIpc) is 3.72. The van der Waals surface area contributed by atoms with E-state index in [1.807, 2.05) is 4.72 Å². The molecule has 1 aromatic rings. The summed E-state index contributed by atoms with van der Waals surface area (Å²) in [6.07, 6.45) is 1.63. The molecular formula is C38H54FN5O10S. The molecule has 3 aliphatic rings. The zero-order chi connectivity index (χ0) is 40.7. The second-order valence-electron chi connectivity index (χ2n) is 15.4. The number of halogens is 1. The minimum absolute atomic E-state index is 0.0421. The molecule has 2 aliphatic heterocycles. The molecule has 5 atom stereocenters. The second kappa shape index (κ2) is 18.4. The molecule has 0 radical (unpaired) electrons. The Labute approximate surface area is 322 Å². The first-order chi connectivity index (χ1) is 25.8. The molecule has 304 valence electrons. The Balaban J connectivity index is 1.59. The summed E-state index contributed by atoms with van der Waals surface area (Å²) in [5.41, 5.74) is 1.05. The van der Waals surface area contributed by atoms with E-state index >= 15 is 0 Å². The number of alkyl carbamates (subject to hydrolysis) is 1. The van der Waals surface area contributed by atoms with Crippen LogP contribution < -0.4 is 15.4 Å². The van der Waals surface area contributed by atoms with Gasteiger partial charge in [0.15, 0.2) is 5.78 Å². The molecule has 1 aliphatic carbocycles. The third-order valence-electron chi connectivity index (χ3n) is 9.89. The highest BCUT2D eigenvalue weighted by Gasteiger charge is 2.45. The molecular weight excluding hydrogens is 738 g/mol. The van der Waals surface area contributed by atoms with Gasteiger partial charge in [0, 0.05) is 24.9 Å². The Bertz CT molecular complexity index is 1770. The lowest BCUT2D eigenvalue weighted by Crippen LogP contribution is -2.57. The standard InChI is InChI=1S/C38H54FN5O10S/c1-7-11-30(33(46)42-55(51,52)23(3)8-2)40-34(47)32-19-27(53-37(50)43-20-25-14-10-15-29(39)28(25)22-43)21-44(32)35(48)31(41-36(49)54-38(4,5)6)17-16-26(45)18-24-12-9-13-24/h10,14-15,18,23,27,30-32H,7-9,11-13,16-17,19-22H2,1-6H3,(H,40,47)(H,41,49)(H,42,46)/t23?,27-,30?,31+,32+/m1/s1. The number of nitrogens with zero attached hydrogens (tertiary/aromatic N) is 2. The van der Waals surface area contributed by atoms with Gasteiger partial charge >= 0.3 is 12.2 Å². The van der Waals surface area contributed by atoms with Crippen molar-refractivity contribution < 1.29 is 51.0 Å². The molecule has 2 heterocycles. The second-order valence-corrected chi connectivity index (χ2v) is 17.5. The van der Waals surface area contributed by atoms with Crippen LogP contribution in [0.4, 0.5) is 14.0 Å². The smallest absolute Gasteiger partial charge is 0.410 e. The third-order valence-corrected chi connectivity index (χ3v) is 11.8. The average molecular weight is 792 g/mol. The molecule has 0 bridgehead atoms. The number of benzene rings is 1. The molecule has 4 rings (SSSR count). The highest BCUT2D eigenvalue weighted by Crippen LogP contribution is 2.29. The summed E-state index contributed by atoms with van der Waals surface area (Å²) in [5, 5.41) is 4.26. The van der Waals surface area contributed by atoms with Crippen molar-refractivity contribution in [3.05, 3.63) is 46.8 Å². The number of likely N-dealkylation sites (tertiary alicyclic amines) is 1. The van der Waals surface area contributed by atoms with Gasteiger partial charge in [0.25, 0.3) is 5.91 Å². The maximum Gasteiger partial charge on any atom is 0.410 e. The number of hydrogen-bond donors (Lipinski definition) is 3. The van der Waals surface area contributed by atoms with Crippen molar-refractivity contribution in [3.63, 3.8) is 0 Å². The number of allylic oxidation sites excluding steroid dienone is 2. The van der Waals surface area contributed by atoms with Crippen LogP contribution >= 0.6 is 0 Å². The number of rotatable bonds is 15. The van der Waals surface area contributed by atoms with E-state index in [4.69, 9.17) is 9.47 Å². The van der Waals surface area contributed by atoms with Crippen molar-refractivity contribution in [1.29, 1.82) is 0 Å². The maximum atomic E-state index is 14.4. The number of ketones is 1. The number of amides is 5. The largest absolute Gasteiger partial charge is 0.444 e. The minimum Gasteiger partial charge on any atom is -0.444 e. The van der Waals surface area contributed by atoms with Crippen LogP contribution in [-0.4, -0.2) is 95.5 Å². The molecule has 1 aromatic carbocycles. The highest BCUT2D eigenvalue weighted by molar-refractivity contribution is 7.90. The van der Waals surface area contributed by atoms with Crippen molar-refractivity contribution in [2.24, 2.45) is 0 Å². The SMILES string of the molecule is CCCC(NC(=O)[C@@H]1C[C@@H](OC(=O)N2Cc3cccc(F)c3C2)CN1C(=O)[C@H](CCC(=O)C=C1CCC1)NC(=O)OC(C)(C)C)C(=O)NS(=O)(=O)C(C)CC. The number of carbonyl (C=O) groups is 6. The minimum atomic E-state index is -4.04. The number of nitrogens with one attached hydrogen (secondary N) is 3. The Hall–Kier alpha value is -4.54. The van der Waals surface area contributed by atoms with Crippen LogP contribution in [0, 0.1) is 5.82 Å². The van der Waals surface area contributed by atoms with Gasteiger partial charge < -0.3 is 25.0 Å².